The second kappa shape index (κ2) is 9.44. The summed E-state index contributed by atoms with van der Waals surface area (Å²) < 4.78 is 0. The molecule has 0 unspecified atom stereocenters. The van der Waals surface area contributed by atoms with Gasteiger partial charge in [0.05, 0.1) is 5.69 Å². The lowest BCUT2D eigenvalue weighted by atomic mass is 9.87. The molecular weight excluding hydrogens is 430 g/mol. The maximum absolute atomic E-state index is 4.47. The van der Waals surface area contributed by atoms with Gasteiger partial charge in [-0.15, -0.1) is 0 Å². The lowest BCUT2D eigenvalue weighted by molar-refractivity contribution is 0.0828. The number of benzene rings is 1. The first-order valence-corrected chi connectivity index (χ1v) is 13.6. The number of rotatable bonds is 5. The van der Waals surface area contributed by atoms with Gasteiger partial charge in [-0.3, -0.25) is 0 Å². The molecule has 0 spiro atoms. The van der Waals surface area contributed by atoms with Gasteiger partial charge in [-0.05, 0) is 106 Å². The van der Waals surface area contributed by atoms with E-state index in [-0.39, 0.29) is 0 Å². The van der Waals surface area contributed by atoms with Crippen LogP contribution >= 0.6 is 0 Å². The molecule has 5 heterocycles. The lowest BCUT2D eigenvalue weighted by Crippen LogP contribution is -2.48. The van der Waals surface area contributed by atoms with Crippen molar-refractivity contribution in [2.45, 2.75) is 58.4 Å². The predicted molar refractivity (Wildman–Crippen MR) is 146 cm³/mol. The van der Waals surface area contributed by atoms with Gasteiger partial charge in [0.25, 0.3) is 0 Å². The molecule has 0 bridgehead atoms. The quantitative estimate of drug-likeness (QED) is 0.360. The van der Waals surface area contributed by atoms with Gasteiger partial charge in [0.1, 0.15) is 5.65 Å². The SMILES string of the molecule is Cc1c(-c2ccnc3[nH]ccc23)[nH]c2ccc(C3CCN(C4CCN(CC(C)C)CC4)CC3)cc12. The van der Waals surface area contributed by atoms with Crippen LogP contribution in [-0.2, 0) is 0 Å². The van der Waals surface area contributed by atoms with Crippen LogP contribution in [0.3, 0.4) is 0 Å². The van der Waals surface area contributed by atoms with Crippen LogP contribution in [0.15, 0.2) is 42.7 Å². The molecule has 4 aromatic rings. The summed E-state index contributed by atoms with van der Waals surface area (Å²) in [6.45, 7) is 13.2. The van der Waals surface area contributed by atoms with Crippen molar-refractivity contribution in [3.63, 3.8) is 0 Å². The van der Waals surface area contributed by atoms with Gasteiger partial charge in [0.2, 0.25) is 0 Å². The average Bonchev–Trinajstić information content (AvgIpc) is 3.49. The molecular formula is C30H39N5. The summed E-state index contributed by atoms with van der Waals surface area (Å²) in [6, 6.07) is 12.2. The summed E-state index contributed by atoms with van der Waals surface area (Å²) in [5.74, 6) is 1.45. The number of likely N-dealkylation sites (tertiary alicyclic amines) is 2. The molecule has 0 saturated carbocycles. The summed E-state index contributed by atoms with van der Waals surface area (Å²) in [5.41, 5.74) is 7.45. The highest BCUT2D eigenvalue weighted by Gasteiger charge is 2.29. The van der Waals surface area contributed by atoms with Crippen molar-refractivity contribution in [1.82, 2.24) is 24.8 Å². The number of aromatic nitrogens is 3. The Morgan fingerprint density at radius 2 is 1.77 bits per heavy atom. The van der Waals surface area contributed by atoms with Crippen molar-refractivity contribution < 1.29 is 0 Å². The fourth-order valence-corrected chi connectivity index (χ4v) is 6.63. The number of hydrogen-bond acceptors (Lipinski definition) is 3. The molecule has 5 heteroatoms. The summed E-state index contributed by atoms with van der Waals surface area (Å²) >= 11 is 0. The highest BCUT2D eigenvalue weighted by Crippen LogP contribution is 2.37. The number of piperidine rings is 2. The van der Waals surface area contributed by atoms with Crippen molar-refractivity contribution in [2.24, 2.45) is 5.92 Å². The molecule has 2 saturated heterocycles. The fraction of sp³-hybridized carbons (Fsp3) is 0.500. The molecule has 5 nitrogen and oxygen atoms in total. The average molecular weight is 470 g/mol. The van der Waals surface area contributed by atoms with Crippen molar-refractivity contribution in [3.8, 4) is 11.3 Å². The van der Waals surface area contributed by atoms with Gasteiger partial charge >= 0.3 is 0 Å². The molecule has 2 aliphatic heterocycles. The number of hydrogen-bond donors (Lipinski definition) is 2. The van der Waals surface area contributed by atoms with Crippen LogP contribution in [0.5, 0.6) is 0 Å². The van der Waals surface area contributed by atoms with E-state index in [0.29, 0.717) is 5.92 Å². The van der Waals surface area contributed by atoms with Gasteiger partial charge in [0.15, 0.2) is 0 Å². The highest BCUT2D eigenvalue weighted by molar-refractivity contribution is 5.98. The van der Waals surface area contributed by atoms with E-state index in [1.807, 2.05) is 12.4 Å². The van der Waals surface area contributed by atoms with Crippen LogP contribution in [0, 0.1) is 12.8 Å². The van der Waals surface area contributed by atoms with Crippen LogP contribution in [0.25, 0.3) is 33.2 Å². The number of H-pyrrole nitrogens is 2. The van der Waals surface area contributed by atoms with Crippen LogP contribution in [0.2, 0.25) is 0 Å². The zero-order valence-electron chi connectivity index (χ0n) is 21.5. The summed E-state index contributed by atoms with van der Waals surface area (Å²) in [7, 11) is 0. The third kappa shape index (κ3) is 4.41. The minimum Gasteiger partial charge on any atom is -0.354 e. The monoisotopic (exact) mass is 469 g/mol. The lowest BCUT2D eigenvalue weighted by Gasteiger charge is -2.42. The first-order valence-electron chi connectivity index (χ1n) is 13.6. The van der Waals surface area contributed by atoms with Crippen LogP contribution in [0.1, 0.15) is 56.6 Å². The third-order valence-electron chi connectivity index (χ3n) is 8.51. The smallest absolute Gasteiger partial charge is 0.137 e. The Bertz CT molecular complexity index is 1300. The largest absolute Gasteiger partial charge is 0.354 e. The predicted octanol–water partition coefficient (Wildman–Crippen LogP) is 6.32. The Morgan fingerprint density at radius 1 is 0.971 bits per heavy atom. The number of fused-ring (bicyclic) bond motifs is 2. The van der Waals surface area contributed by atoms with Gasteiger partial charge in [-0.25, -0.2) is 4.98 Å². The first kappa shape index (κ1) is 22.8. The zero-order chi connectivity index (χ0) is 23.9. The van der Waals surface area contributed by atoms with Crippen molar-refractivity contribution in [1.29, 1.82) is 0 Å². The minimum atomic E-state index is 0.673. The Hall–Kier alpha value is -2.63. The number of aryl methyl sites for hydroxylation is 1. The topological polar surface area (TPSA) is 51.0 Å². The van der Waals surface area contributed by atoms with E-state index in [4.69, 9.17) is 0 Å². The normalized spacial score (nSPS) is 19.4. The van der Waals surface area contributed by atoms with E-state index >= 15 is 0 Å². The minimum absolute atomic E-state index is 0.673. The summed E-state index contributed by atoms with van der Waals surface area (Å²) in [6.07, 6.45) is 9.12. The van der Waals surface area contributed by atoms with Crippen LogP contribution < -0.4 is 0 Å². The molecule has 0 aliphatic carbocycles. The van der Waals surface area contributed by atoms with Gasteiger partial charge in [-0.2, -0.15) is 0 Å². The second-order valence-corrected chi connectivity index (χ2v) is 11.3. The zero-order valence-corrected chi connectivity index (χ0v) is 21.5. The Morgan fingerprint density at radius 3 is 2.54 bits per heavy atom. The third-order valence-corrected chi connectivity index (χ3v) is 8.51. The van der Waals surface area contributed by atoms with Crippen molar-refractivity contribution in [2.75, 3.05) is 32.7 Å². The molecule has 2 aliphatic rings. The van der Waals surface area contributed by atoms with Gasteiger partial charge in [0, 0.05) is 46.8 Å². The molecule has 2 N–H and O–H groups in total. The van der Waals surface area contributed by atoms with Gasteiger partial charge < -0.3 is 19.8 Å². The number of pyridine rings is 1. The number of nitrogens with zero attached hydrogens (tertiary/aromatic N) is 3. The molecule has 2 fully saturated rings. The molecule has 6 rings (SSSR count). The fourth-order valence-electron chi connectivity index (χ4n) is 6.63. The number of nitrogens with one attached hydrogen (secondary N) is 2. The van der Waals surface area contributed by atoms with E-state index in [2.05, 4.69) is 75.9 Å². The standard InChI is InChI=1S/C30H39N5/c1-20(2)19-34-14-10-24(11-15-34)35-16-8-22(9-17-35)23-4-5-28-27(18-23)21(3)29(33-28)25-6-12-31-30-26(25)7-13-32-30/h4-7,12-13,18,20,22,24,33H,8-11,14-17,19H2,1-3H3,(H,31,32). The van der Waals surface area contributed by atoms with E-state index in [1.54, 1.807) is 0 Å². The Labute approximate surface area is 208 Å². The van der Waals surface area contributed by atoms with E-state index in [1.165, 1.54) is 97.1 Å². The molecule has 0 atom stereocenters. The summed E-state index contributed by atoms with van der Waals surface area (Å²) in [4.78, 5) is 16.9. The Kier molecular flexibility index (Phi) is 6.15. The molecule has 0 amide bonds. The highest BCUT2D eigenvalue weighted by atomic mass is 15.2. The Balaban J connectivity index is 1.15. The molecule has 35 heavy (non-hydrogen) atoms. The van der Waals surface area contributed by atoms with Crippen LogP contribution in [-0.4, -0.2) is 63.5 Å². The van der Waals surface area contributed by atoms with E-state index in [0.717, 1.165) is 17.6 Å². The molecule has 1 aromatic carbocycles. The summed E-state index contributed by atoms with van der Waals surface area (Å²) in [5, 5.41) is 2.53. The number of aromatic amines is 2. The second-order valence-electron chi connectivity index (χ2n) is 11.3. The molecule has 0 radical (unpaired) electrons. The maximum Gasteiger partial charge on any atom is 0.137 e. The van der Waals surface area contributed by atoms with Crippen molar-refractivity contribution >= 4 is 21.9 Å². The van der Waals surface area contributed by atoms with Crippen molar-refractivity contribution in [3.05, 3.63) is 53.9 Å². The molecule has 184 valence electrons. The maximum atomic E-state index is 4.47. The van der Waals surface area contributed by atoms with E-state index < -0.39 is 0 Å². The molecule has 3 aromatic heterocycles. The van der Waals surface area contributed by atoms with Crippen LogP contribution in [0.4, 0.5) is 0 Å². The van der Waals surface area contributed by atoms with E-state index in [9.17, 15) is 0 Å². The first-order chi connectivity index (χ1) is 17.1. The van der Waals surface area contributed by atoms with Gasteiger partial charge in [-0.1, -0.05) is 19.9 Å².